The molecule has 4 heteroatoms. The smallest absolute Gasteiger partial charge is 0.449 e. The van der Waals surface area contributed by atoms with Crippen molar-refractivity contribution >= 4 is 6.16 Å². The van der Waals surface area contributed by atoms with Crippen LogP contribution >= 0.6 is 0 Å². The fourth-order valence-electron chi connectivity index (χ4n) is 3.71. The quantitative estimate of drug-likeness (QED) is 0.839. The first-order valence-electron chi connectivity index (χ1n) is 8.10. The van der Waals surface area contributed by atoms with E-state index in [2.05, 4.69) is 17.1 Å². The van der Waals surface area contributed by atoms with Crippen molar-refractivity contribution in [2.24, 2.45) is 0 Å². The molecular weight excluding hydrogens is 290 g/mol. The molecule has 1 aliphatic rings. The van der Waals surface area contributed by atoms with Crippen molar-refractivity contribution in [2.75, 3.05) is 0 Å². The number of aromatic nitrogens is 1. The molecule has 1 aliphatic carbocycles. The topological polar surface area (TPSA) is 59.4 Å². The second-order valence-electron chi connectivity index (χ2n) is 6.23. The van der Waals surface area contributed by atoms with E-state index in [0.29, 0.717) is 0 Å². The largest absolute Gasteiger partial charge is 0.512 e. The zero-order valence-electron chi connectivity index (χ0n) is 13.1. The summed E-state index contributed by atoms with van der Waals surface area (Å²) in [5.41, 5.74) is 2.09. The lowest BCUT2D eigenvalue weighted by Gasteiger charge is -2.38. The summed E-state index contributed by atoms with van der Waals surface area (Å²) in [4.78, 5) is 15.2. The van der Waals surface area contributed by atoms with E-state index in [1.807, 2.05) is 30.3 Å². The van der Waals surface area contributed by atoms with E-state index in [0.717, 1.165) is 37.7 Å². The number of carbonyl (C=O) groups is 1. The summed E-state index contributed by atoms with van der Waals surface area (Å²) in [7, 11) is 0. The summed E-state index contributed by atoms with van der Waals surface area (Å²) < 4.78 is 4.97. The molecule has 0 spiro atoms. The van der Waals surface area contributed by atoms with Gasteiger partial charge in [0.2, 0.25) is 5.88 Å². The van der Waals surface area contributed by atoms with Crippen LogP contribution in [0.15, 0.2) is 48.7 Å². The molecule has 1 fully saturated rings. The van der Waals surface area contributed by atoms with Gasteiger partial charge in [-0.1, -0.05) is 55.7 Å². The van der Waals surface area contributed by atoms with Crippen molar-refractivity contribution in [3.05, 3.63) is 59.8 Å². The Balaban J connectivity index is 2.01. The third-order valence-corrected chi connectivity index (χ3v) is 4.72. The van der Waals surface area contributed by atoms with Crippen molar-refractivity contribution in [1.82, 2.24) is 4.98 Å². The minimum atomic E-state index is -1.31. The Labute approximate surface area is 136 Å². The van der Waals surface area contributed by atoms with E-state index in [1.54, 1.807) is 6.20 Å². The maximum atomic E-state index is 11.0. The number of benzene rings is 1. The van der Waals surface area contributed by atoms with Crippen LogP contribution in [-0.4, -0.2) is 16.2 Å². The van der Waals surface area contributed by atoms with Gasteiger partial charge >= 0.3 is 6.16 Å². The van der Waals surface area contributed by atoms with E-state index in [9.17, 15) is 4.79 Å². The van der Waals surface area contributed by atoms with E-state index < -0.39 is 6.16 Å². The van der Waals surface area contributed by atoms with Crippen LogP contribution in [0.3, 0.4) is 0 Å². The standard InChI is InChI=1S/C19H21NO3/c21-18(22)23-17-16(10-7-13-20-17)19(11-5-2-6-12-19)14-15-8-3-1-4-9-15/h1,3-4,7-10,13H,2,5-6,11-12,14H2,(H,21,22). The summed E-state index contributed by atoms with van der Waals surface area (Å²) in [5, 5.41) is 9.00. The molecule has 2 aromatic rings. The maximum Gasteiger partial charge on any atom is 0.512 e. The zero-order chi connectivity index (χ0) is 16.1. The summed E-state index contributed by atoms with van der Waals surface area (Å²) in [6.07, 6.45) is 6.74. The lowest BCUT2D eigenvalue weighted by molar-refractivity contribution is 0.140. The molecule has 0 atom stereocenters. The molecule has 0 aliphatic heterocycles. The average molecular weight is 311 g/mol. The predicted molar refractivity (Wildman–Crippen MR) is 87.8 cm³/mol. The molecule has 1 heterocycles. The summed E-state index contributed by atoms with van der Waals surface area (Å²) >= 11 is 0. The molecule has 3 rings (SSSR count). The highest BCUT2D eigenvalue weighted by Gasteiger charge is 2.37. The fourth-order valence-corrected chi connectivity index (χ4v) is 3.71. The number of carboxylic acid groups (broad SMARTS) is 1. The lowest BCUT2D eigenvalue weighted by Crippen LogP contribution is -2.32. The van der Waals surface area contributed by atoms with Crippen molar-refractivity contribution in [2.45, 2.75) is 43.9 Å². The monoisotopic (exact) mass is 311 g/mol. The Morgan fingerprint density at radius 2 is 1.83 bits per heavy atom. The van der Waals surface area contributed by atoms with Crippen LogP contribution in [0.1, 0.15) is 43.2 Å². The normalized spacial score (nSPS) is 16.7. The molecule has 4 nitrogen and oxygen atoms in total. The van der Waals surface area contributed by atoms with Gasteiger partial charge in [-0.2, -0.15) is 0 Å². The molecule has 1 N–H and O–H groups in total. The highest BCUT2D eigenvalue weighted by molar-refractivity contribution is 5.61. The van der Waals surface area contributed by atoms with Gasteiger partial charge in [0.15, 0.2) is 0 Å². The van der Waals surface area contributed by atoms with Crippen LogP contribution in [0.2, 0.25) is 0 Å². The first kappa shape index (κ1) is 15.5. The Morgan fingerprint density at radius 1 is 1.09 bits per heavy atom. The highest BCUT2D eigenvalue weighted by atomic mass is 16.7. The van der Waals surface area contributed by atoms with Crippen LogP contribution in [0.25, 0.3) is 0 Å². The third-order valence-electron chi connectivity index (χ3n) is 4.72. The van der Waals surface area contributed by atoms with Crippen LogP contribution < -0.4 is 4.74 Å². The first-order chi connectivity index (χ1) is 11.2. The lowest BCUT2D eigenvalue weighted by atomic mass is 9.66. The van der Waals surface area contributed by atoms with Gasteiger partial charge in [-0.25, -0.2) is 9.78 Å². The van der Waals surface area contributed by atoms with Crippen LogP contribution in [0, 0.1) is 0 Å². The molecule has 0 saturated heterocycles. The molecule has 1 aromatic carbocycles. The Morgan fingerprint density at radius 3 is 2.52 bits per heavy atom. The fraction of sp³-hybridized carbons (Fsp3) is 0.368. The van der Waals surface area contributed by atoms with Crippen molar-refractivity contribution in [3.63, 3.8) is 0 Å². The van der Waals surface area contributed by atoms with E-state index in [-0.39, 0.29) is 11.3 Å². The number of hydrogen-bond acceptors (Lipinski definition) is 3. The third kappa shape index (κ3) is 3.52. The molecule has 1 aromatic heterocycles. The Kier molecular flexibility index (Phi) is 4.60. The van der Waals surface area contributed by atoms with Gasteiger partial charge in [-0.05, 0) is 30.9 Å². The van der Waals surface area contributed by atoms with Crippen LogP contribution in [0.5, 0.6) is 5.88 Å². The van der Waals surface area contributed by atoms with Gasteiger partial charge < -0.3 is 9.84 Å². The summed E-state index contributed by atoms with van der Waals surface area (Å²) in [6.45, 7) is 0. The molecule has 0 radical (unpaired) electrons. The SMILES string of the molecule is O=C(O)Oc1ncccc1C1(Cc2ccccc2)CCCCC1. The van der Waals surface area contributed by atoms with Gasteiger partial charge in [-0.3, -0.25) is 0 Å². The predicted octanol–water partition coefficient (Wildman–Crippen LogP) is 4.58. The minimum Gasteiger partial charge on any atom is -0.449 e. The maximum absolute atomic E-state index is 11.0. The molecule has 0 unspecified atom stereocenters. The van der Waals surface area contributed by atoms with E-state index in [1.165, 1.54) is 12.0 Å². The minimum absolute atomic E-state index is 0.0986. The van der Waals surface area contributed by atoms with Gasteiger partial charge in [0, 0.05) is 17.2 Å². The molecular formula is C19H21NO3. The van der Waals surface area contributed by atoms with Crippen molar-refractivity contribution < 1.29 is 14.6 Å². The summed E-state index contributed by atoms with van der Waals surface area (Å²) in [5.74, 6) is 0.234. The van der Waals surface area contributed by atoms with Gasteiger partial charge in [-0.15, -0.1) is 0 Å². The Bertz CT molecular complexity index is 663. The molecule has 0 amide bonds. The number of hydrogen-bond donors (Lipinski definition) is 1. The molecule has 1 saturated carbocycles. The van der Waals surface area contributed by atoms with E-state index >= 15 is 0 Å². The number of nitrogens with zero attached hydrogens (tertiary/aromatic N) is 1. The molecule has 23 heavy (non-hydrogen) atoms. The first-order valence-corrected chi connectivity index (χ1v) is 8.10. The highest BCUT2D eigenvalue weighted by Crippen LogP contribution is 2.44. The van der Waals surface area contributed by atoms with Gasteiger partial charge in [0.05, 0.1) is 0 Å². The Hall–Kier alpha value is -2.36. The van der Waals surface area contributed by atoms with Crippen LogP contribution in [-0.2, 0) is 11.8 Å². The van der Waals surface area contributed by atoms with Crippen molar-refractivity contribution in [1.29, 1.82) is 0 Å². The van der Waals surface area contributed by atoms with Crippen LogP contribution in [0.4, 0.5) is 4.79 Å². The number of rotatable bonds is 4. The number of pyridine rings is 1. The molecule has 120 valence electrons. The van der Waals surface area contributed by atoms with Gasteiger partial charge in [0.25, 0.3) is 0 Å². The van der Waals surface area contributed by atoms with E-state index in [4.69, 9.17) is 9.84 Å². The molecule has 0 bridgehead atoms. The van der Waals surface area contributed by atoms with Gasteiger partial charge in [0.1, 0.15) is 0 Å². The average Bonchev–Trinajstić information content (AvgIpc) is 2.56. The zero-order valence-corrected chi connectivity index (χ0v) is 13.1. The second kappa shape index (κ2) is 6.82. The second-order valence-corrected chi connectivity index (χ2v) is 6.23. The number of ether oxygens (including phenoxy) is 1. The summed E-state index contributed by atoms with van der Waals surface area (Å²) in [6, 6.07) is 14.2. The van der Waals surface area contributed by atoms with Crippen molar-refractivity contribution in [3.8, 4) is 5.88 Å².